The molecule has 6 heteroatoms. The van der Waals surface area contributed by atoms with Gasteiger partial charge in [0, 0.05) is 25.3 Å². The van der Waals surface area contributed by atoms with E-state index in [1.54, 1.807) is 7.11 Å². The lowest BCUT2D eigenvalue weighted by molar-refractivity contribution is -0.0394. The molecule has 3 N–H and O–H groups in total. The second-order valence-electron chi connectivity index (χ2n) is 7.11. The van der Waals surface area contributed by atoms with Crippen LogP contribution in [0.5, 0.6) is 11.5 Å². The predicted molar refractivity (Wildman–Crippen MR) is 99.5 cm³/mol. The first kappa shape index (κ1) is 17.9. The number of methoxy groups -OCH3 is 1. The highest BCUT2D eigenvalue weighted by Crippen LogP contribution is 2.35. The van der Waals surface area contributed by atoms with Crippen LogP contribution < -0.4 is 20.5 Å². The number of benzene rings is 1. The van der Waals surface area contributed by atoms with E-state index in [0.29, 0.717) is 25.7 Å². The molecule has 138 valence electrons. The van der Waals surface area contributed by atoms with Gasteiger partial charge in [0.15, 0.2) is 17.5 Å². The topological polar surface area (TPSA) is 78.1 Å². The number of fused-ring (bicyclic) bond motifs is 1. The van der Waals surface area contributed by atoms with Crippen molar-refractivity contribution in [2.75, 3.05) is 32.2 Å². The van der Waals surface area contributed by atoms with Crippen LogP contribution in [0, 0.1) is 5.92 Å². The van der Waals surface area contributed by atoms with Gasteiger partial charge in [0.2, 0.25) is 0 Å². The Bertz CT molecular complexity index is 610. The summed E-state index contributed by atoms with van der Waals surface area (Å²) in [6, 6.07) is 5.72. The molecular formula is C19H29N3O3. The van der Waals surface area contributed by atoms with Crippen LogP contribution in [0.15, 0.2) is 23.2 Å². The first-order valence-corrected chi connectivity index (χ1v) is 9.12. The third-order valence-electron chi connectivity index (χ3n) is 5.18. The van der Waals surface area contributed by atoms with Crippen molar-refractivity contribution in [2.45, 2.75) is 44.6 Å². The number of guanidine groups is 1. The lowest BCUT2D eigenvalue weighted by Gasteiger charge is -2.37. The molecule has 0 spiro atoms. The largest absolute Gasteiger partial charge is 0.490 e. The minimum Gasteiger partial charge on any atom is -0.490 e. The molecule has 0 unspecified atom stereocenters. The molecule has 25 heavy (non-hydrogen) atoms. The smallest absolute Gasteiger partial charge is 0.193 e. The minimum absolute atomic E-state index is 0.177. The van der Waals surface area contributed by atoms with Crippen molar-refractivity contribution >= 4 is 11.6 Å². The van der Waals surface area contributed by atoms with Crippen LogP contribution in [0.2, 0.25) is 0 Å². The lowest BCUT2D eigenvalue weighted by atomic mass is 9.79. The summed E-state index contributed by atoms with van der Waals surface area (Å²) in [6.45, 7) is 4.22. The normalized spacial score (nSPS) is 26.8. The van der Waals surface area contributed by atoms with Crippen molar-refractivity contribution < 1.29 is 14.2 Å². The average molecular weight is 347 g/mol. The van der Waals surface area contributed by atoms with Gasteiger partial charge in [0.25, 0.3) is 0 Å². The zero-order valence-electron chi connectivity index (χ0n) is 15.2. The number of hydrogen-bond acceptors (Lipinski definition) is 4. The summed E-state index contributed by atoms with van der Waals surface area (Å²) >= 11 is 0. The lowest BCUT2D eigenvalue weighted by Crippen LogP contribution is -2.40. The van der Waals surface area contributed by atoms with Crippen LogP contribution in [0.25, 0.3) is 0 Å². The molecule has 1 aromatic rings. The maximum absolute atomic E-state index is 6.08. The van der Waals surface area contributed by atoms with Crippen LogP contribution in [-0.2, 0) is 4.74 Å². The summed E-state index contributed by atoms with van der Waals surface area (Å²) in [6.07, 6.45) is 5.31. The molecule has 1 aromatic carbocycles. The van der Waals surface area contributed by atoms with Crippen molar-refractivity contribution in [2.24, 2.45) is 16.6 Å². The van der Waals surface area contributed by atoms with Gasteiger partial charge < -0.3 is 25.3 Å². The van der Waals surface area contributed by atoms with Crippen LogP contribution in [-0.4, -0.2) is 38.4 Å². The predicted octanol–water partition coefficient (Wildman–Crippen LogP) is 3.17. The van der Waals surface area contributed by atoms with Crippen LogP contribution >= 0.6 is 0 Å². The molecule has 0 bridgehead atoms. The first-order chi connectivity index (χ1) is 12.1. The Morgan fingerprint density at radius 1 is 1.28 bits per heavy atom. The number of hydrogen-bond donors (Lipinski definition) is 2. The molecular weight excluding hydrogens is 318 g/mol. The van der Waals surface area contributed by atoms with Crippen molar-refractivity contribution in [1.29, 1.82) is 0 Å². The van der Waals surface area contributed by atoms with Crippen LogP contribution in [0.3, 0.4) is 0 Å². The van der Waals surface area contributed by atoms with Crippen LogP contribution in [0.4, 0.5) is 5.69 Å². The fraction of sp³-hybridized carbons (Fsp3) is 0.632. The summed E-state index contributed by atoms with van der Waals surface area (Å²) in [5.74, 6) is 2.67. The number of nitrogens with two attached hydrogens (primary N) is 1. The van der Waals surface area contributed by atoms with E-state index in [1.807, 2.05) is 18.2 Å². The zero-order valence-corrected chi connectivity index (χ0v) is 15.2. The maximum Gasteiger partial charge on any atom is 0.193 e. The monoisotopic (exact) mass is 347 g/mol. The Balaban J connectivity index is 1.62. The highest BCUT2D eigenvalue weighted by Gasteiger charge is 2.34. The third kappa shape index (κ3) is 4.57. The van der Waals surface area contributed by atoms with Gasteiger partial charge in [-0.3, -0.25) is 4.99 Å². The van der Waals surface area contributed by atoms with E-state index in [1.165, 1.54) is 12.8 Å². The number of rotatable bonds is 4. The molecule has 1 aliphatic heterocycles. The molecule has 0 radical (unpaired) electrons. The van der Waals surface area contributed by atoms with E-state index in [0.717, 1.165) is 42.4 Å². The standard InChI is InChI=1S/C19H29N3O3/c1-14-6-8-19(23-2,9-7-14)13-21-18(20)22-15-4-5-16-17(12-15)25-11-3-10-24-16/h4-5,12,14H,3,6-11,13H2,1-2H3,(H3,20,21,22). The molecule has 1 aliphatic carbocycles. The van der Waals surface area contributed by atoms with Gasteiger partial charge in [0.05, 0.1) is 25.4 Å². The first-order valence-electron chi connectivity index (χ1n) is 9.12. The Morgan fingerprint density at radius 2 is 2.00 bits per heavy atom. The summed E-state index contributed by atoms with van der Waals surface area (Å²) in [4.78, 5) is 4.53. The number of nitrogens with zero attached hydrogens (tertiary/aromatic N) is 1. The Hall–Kier alpha value is -1.95. The van der Waals surface area contributed by atoms with E-state index < -0.39 is 0 Å². The molecule has 6 nitrogen and oxygen atoms in total. The number of ether oxygens (including phenoxy) is 3. The molecule has 3 rings (SSSR count). The zero-order chi connectivity index (χ0) is 17.7. The molecule has 1 heterocycles. The molecule has 1 saturated carbocycles. The Kier molecular flexibility index (Phi) is 5.68. The fourth-order valence-electron chi connectivity index (χ4n) is 3.37. The Morgan fingerprint density at radius 3 is 2.72 bits per heavy atom. The number of anilines is 1. The summed E-state index contributed by atoms with van der Waals surface area (Å²) in [5.41, 5.74) is 6.75. The number of nitrogens with one attached hydrogen (secondary N) is 1. The number of aliphatic imine (C=N–C) groups is 1. The molecule has 0 amide bonds. The maximum atomic E-state index is 6.08. The van der Waals surface area contributed by atoms with Crippen molar-refractivity contribution in [1.82, 2.24) is 0 Å². The van der Waals surface area contributed by atoms with E-state index in [-0.39, 0.29) is 5.60 Å². The van der Waals surface area contributed by atoms with Gasteiger partial charge in [-0.05, 0) is 43.7 Å². The van der Waals surface area contributed by atoms with Crippen LogP contribution in [0.1, 0.15) is 39.0 Å². The second-order valence-corrected chi connectivity index (χ2v) is 7.11. The van der Waals surface area contributed by atoms with Gasteiger partial charge in [-0.1, -0.05) is 6.92 Å². The van der Waals surface area contributed by atoms with E-state index in [9.17, 15) is 0 Å². The van der Waals surface area contributed by atoms with Crippen molar-refractivity contribution in [3.63, 3.8) is 0 Å². The molecule has 0 aromatic heterocycles. The van der Waals surface area contributed by atoms with Gasteiger partial charge in [-0.2, -0.15) is 0 Å². The third-order valence-corrected chi connectivity index (χ3v) is 5.18. The quantitative estimate of drug-likeness (QED) is 0.646. The molecule has 0 atom stereocenters. The minimum atomic E-state index is -0.177. The molecule has 0 saturated heterocycles. The van der Waals surface area contributed by atoms with Gasteiger partial charge in [0.1, 0.15) is 0 Å². The highest BCUT2D eigenvalue weighted by molar-refractivity contribution is 5.92. The van der Waals surface area contributed by atoms with E-state index in [4.69, 9.17) is 19.9 Å². The molecule has 1 fully saturated rings. The average Bonchev–Trinajstić information content (AvgIpc) is 2.87. The van der Waals surface area contributed by atoms with Crippen molar-refractivity contribution in [3.05, 3.63) is 18.2 Å². The summed E-state index contributed by atoms with van der Waals surface area (Å²) in [7, 11) is 1.78. The second kappa shape index (κ2) is 7.95. The SMILES string of the molecule is COC1(CN=C(N)Nc2ccc3c(c2)OCCCO3)CCC(C)CC1. The Labute approximate surface area is 149 Å². The fourth-order valence-corrected chi connectivity index (χ4v) is 3.37. The summed E-state index contributed by atoms with van der Waals surface area (Å²) < 4.78 is 17.1. The molecule has 2 aliphatic rings. The van der Waals surface area contributed by atoms with Crippen molar-refractivity contribution in [3.8, 4) is 11.5 Å². The highest BCUT2D eigenvalue weighted by atomic mass is 16.5. The van der Waals surface area contributed by atoms with Gasteiger partial charge in [-0.15, -0.1) is 0 Å². The van der Waals surface area contributed by atoms with Gasteiger partial charge >= 0.3 is 0 Å². The summed E-state index contributed by atoms with van der Waals surface area (Å²) in [5, 5.41) is 3.14. The van der Waals surface area contributed by atoms with E-state index in [2.05, 4.69) is 17.2 Å². The van der Waals surface area contributed by atoms with Gasteiger partial charge in [-0.25, -0.2) is 0 Å². The van der Waals surface area contributed by atoms with E-state index >= 15 is 0 Å².